The molecule has 1 aliphatic heterocycles. The van der Waals surface area contributed by atoms with Crippen LogP contribution in [-0.4, -0.2) is 23.5 Å². The Morgan fingerprint density at radius 2 is 1.71 bits per heavy atom. The summed E-state index contributed by atoms with van der Waals surface area (Å²) in [6, 6.07) is 1.79. The second-order valence-corrected chi connectivity index (χ2v) is 5.22. The van der Waals surface area contributed by atoms with Crippen molar-refractivity contribution in [1.82, 2.24) is 4.90 Å². The highest BCUT2D eigenvalue weighted by atomic mass is 15.2. The van der Waals surface area contributed by atoms with E-state index < -0.39 is 0 Å². The Balaban J connectivity index is 1.95. The van der Waals surface area contributed by atoms with Crippen LogP contribution in [0, 0.1) is 5.92 Å². The van der Waals surface area contributed by atoms with E-state index in [-0.39, 0.29) is 0 Å². The molecule has 1 nitrogen and oxygen atoms in total. The minimum absolute atomic E-state index is 0.854. The van der Waals surface area contributed by atoms with Gasteiger partial charge in [0.25, 0.3) is 0 Å². The lowest BCUT2D eigenvalue weighted by Crippen LogP contribution is -2.39. The molecule has 2 atom stereocenters. The Morgan fingerprint density at radius 3 is 2.36 bits per heavy atom. The molecular weight excluding hydrogens is 170 g/mol. The summed E-state index contributed by atoms with van der Waals surface area (Å²) < 4.78 is 0. The first kappa shape index (κ1) is 10.5. The molecule has 1 saturated heterocycles. The van der Waals surface area contributed by atoms with Crippen LogP contribution in [0.15, 0.2) is 0 Å². The zero-order chi connectivity index (χ0) is 9.97. The van der Waals surface area contributed by atoms with Crippen molar-refractivity contribution in [1.29, 1.82) is 0 Å². The third-order valence-corrected chi connectivity index (χ3v) is 4.43. The largest absolute Gasteiger partial charge is 0.298 e. The van der Waals surface area contributed by atoms with E-state index in [0.717, 1.165) is 18.0 Å². The van der Waals surface area contributed by atoms with Crippen molar-refractivity contribution in [2.24, 2.45) is 5.92 Å². The van der Waals surface area contributed by atoms with E-state index in [4.69, 9.17) is 0 Å². The molecule has 1 saturated carbocycles. The minimum Gasteiger partial charge on any atom is -0.298 e. The third kappa shape index (κ3) is 1.98. The van der Waals surface area contributed by atoms with E-state index >= 15 is 0 Å². The summed E-state index contributed by atoms with van der Waals surface area (Å²) in [5.74, 6) is 1.04. The fraction of sp³-hybridized carbons (Fsp3) is 1.00. The molecule has 82 valence electrons. The van der Waals surface area contributed by atoms with Gasteiger partial charge in [0.2, 0.25) is 0 Å². The van der Waals surface area contributed by atoms with Gasteiger partial charge in [0, 0.05) is 12.1 Å². The SMILES string of the molecule is CCN1C(C)CCC1C1CCCCC1. The first-order valence-corrected chi connectivity index (χ1v) is 6.58. The van der Waals surface area contributed by atoms with Crippen LogP contribution in [0.5, 0.6) is 0 Å². The number of nitrogens with zero attached hydrogens (tertiary/aromatic N) is 1. The van der Waals surface area contributed by atoms with Gasteiger partial charge in [-0.05, 0) is 45.1 Å². The standard InChI is InChI=1S/C13H25N/c1-3-14-11(2)9-10-13(14)12-7-5-4-6-8-12/h11-13H,3-10H2,1-2H3. The van der Waals surface area contributed by atoms with Crippen molar-refractivity contribution in [2.75, 3.05) is 6.54 Å². The summed E-state index contributed by atoms with van der Waals surface area (Å²) in [6.45, 7) is 6.01. The number of rotatable bonds is 2. The van der Waals surface area contributed by atoms with Crippen LogP contribution in [-0.2, 0) is 0 Å². The highest BCUT2D eigenvalue weighted by molar-refractivity contribution is 4.89. The highest BCUT2D eigenvalue weighted by Gasteiger charge is 2.34. The predicted octanol–water partition coefficient (Wildman–Crippen LogP) is 3.44. The average molecular weight is 195 g/mol. The number of hydrogen-bond donors (Lipinski definition) is 0. The van der Waals surface area contributed by atoms with Gasteiger partial charge < -0.3 is 0 Å². The molecule has 0 spiro atoms. The maximum atomic E-state index is 2.76. The second kappa shape index (κ2) is 4.65. The predicted molar refractivity (Wildman–Crippen MR) is 61.4 cm³/mol. The summed E-state index contributed by atoms with van der Waals surface area (Å²) in [4.78, 5) is 2.76. The van der Waals surface area contributed by atoms with Gasteiger partial charge in [0.15, 0.2) is 0 Å². The fourth-order valence-electron chi connectivity index (χ4n) is 3.64. The zero-order valence-electron chi connectivity index (χ0n) is 9.84. The molecule has 1 heteroatoms. The molecule has 0 aromatic carbocycles. The Morgan fingerprint density at radius 1 is 1.00 bits per heavy atom. The molecule has 2 unspecified atom stereocenters. The van der Waals surface area contributed by atoms with Gasteiger partial charge in [0.1, 0.15) is 0 Å². The maximum absolute atomic E-state index is 2.76. The molecule has 0 bridgehead atoms. The van der Waals surface area contributed by atoms with E-state index in [1.54, 1.807) is 0 Å². The molecule has 2 aliphatic rings. The van der Waals surface area contributed by atoms with Crippen molar-refractivity contribution in [3.63, 3.8) is 0 Å². The van der Waals surface area contributed by atoms with Crippen molar-refractivity contribution in [2.45, 2.75) is 70.9 Å². The first-order valence-electron chi connectivity index (χ1n) is 6.58. The molecule has 2 fully saturated rings. The van der Waals surface area contributed by atoms with Crippen LogP contribution in [0.25, 0.3) is 0 Å². The van der Waals surface area contributed by atoms with Gasteiger partial charge >= 0.3 is 0 Å². The molecule has 0 radical (unpaired) electrons. The van der Waals surface area contributed by atoms with Crippen LogP contribution in [0.1, 0.15) is 58.8 Å². The minimum atomic E-state index is 0.854. The van der Waals surface area contributed by atoms with E-state index in [1.165, 1.54) is 51.5 Å². The van der Waals surface area contributed by atoms with Gasteiger partial charge in [-0.3, -0.25) is 4.90 Å². The molecule has 2 rings (SSSR count). The van der Waals surface area contributed by atoms with Crippen LogP contribution < -0.4 is 0 Å². The zero-order valence-corrected chi connectivity index (χ0v) is 9.84. The van der Waals surface area contributed by atoms with Gasteiger partial charge in [0.05, 0.1) is 0 Å². The Bertz CT molecular complexity index is 172. The fourth-order valence-corrected chi connectivity index (χ4v) is 3.64. The van der Waals surface area contributed by atoms with Crippen molar-refractivity contribution < 1.29 is 0 Å². The molecule has 0 aromatic rings. The lowest BCUT2D eigenvalue weighted by atomic mass is 9.83. The van der Waals surface area contributed by atoms with Crippen LogP contribution in [0.4, 0.5) is 0 Å². The van der Waals surface area contributed by atoms with Gasteiger partial charge in [-0.2, -0.15) is 0 Å². The quantitative estimate of drug-likeness (QED) is 0.652. The van der Waals surface area contributed by atoms with E-state index in [1.807, 2.05) is 0 Å². The number of likely N-dealkylation sites (tertiary alicyclic amines) is 1. The monoisotopic (exact) mass is 195 g/mol. The Hall–Kier alpha value is -0.0400. The average Bonchev–Trinajstić information content (AvgIpc) is 2.61. The summed E-state index contributed by atoms with van der Waals surface area (Å²) >= 11 is 0. The second-order valence-electron chi connectivity index (χ2n) is 5.22. The van der Waals surface area contributed by atoms with Crippen LogP contribution >= 0.6 is 0 Å². The van der Waals surface area contributed by atoms with E-state index in [2.05, 4.69) is 18.7 Å². The molecule has 0 N–H and O–H groups in total. The molecule has 0 aromatic heterocycles. The van der Waals surface area contributed by atoms with Crippen LogP contribution in [0.3, 0.4) is 0 Å². The Kier molecular flexibility index (Phi) is 3.48. The highest BCUT2D eigenvalue weighted by Crippen LogP contribution is 2.36. The molecule has 1 heterocycles. The van der Waals surface area contributed by atoms with Gasteiger partial charge in [-0.15, -0.1) is 0 Å². The van der Waals surface area contributed by atoms with Crippen LogP contribution in [0.2, 0.25) is 0 Å². The van der Waals surface area contributed by atoms with E-state index in [0.29, 0.717) is 0 Å². The number of hydrogen-bond acceptors (Lipinski definition) is 1. The summed E-state index contributed by atoms with van der Waals surface area (Å²) in [7, 11) is 0. The first-order chi connectivity index (χ1) is 6.83. The third-order valence-electron chi connectivity index (χ3n) is 4.43. The van der Waals surface area contributed by atoms with Crippen molar-refractivity contribution >= 4 is 0 Å². The molecular formula is C13H25N. The summed E-state index contributed by atoms with van der Waals surface area (Å²) in [5, 5.41) is 0. The molecule has 0 amide bonds. The topological polar surface area (TPSA) is 3.24 Å². The lowest BCUT2D eigenvalue weighted by molar-refractivity contribution is 0.136. The van der Waals surface area contributed by atoms with Crippen molar-refractivity contribution in [3.8, 4) is 0 Å². The van der Waals surface area contributed by atoms with Crippen molar-refractivity contribution in [3.05, 3.63) is 0 Å². The normalized spacial score (nSPS) is 36.4. The summed E-state index contributed by atoms with van der Waals surface area (Å²) in [6.07, 6.45) is 10.4. The molecule has 1 aliphatic carbocycles. The summed E-state index contributed by atoms with van der Waals surface area (Å²) in [5.41, 5.74) is 0. The maximum Gasteiger partial charge on any atom is 0.0127 e. The van der Waals surface area contributed by atoms with Gasteiger partial charge in [-0.1, -0.05) is 26.2 Å². The van der Waals surface area contributed by atoms with Gasteiger partial charge in [-0.25, -0.2) is 0 Å². The Labute approximate surface area is 88.9 Å². The van der Waals surface area contributed by atoms with E-state index in [9.17, 15) is 0 Å². The smallest absolute Gasteiger partial charge is 0.0127 e. The lowest BCUT2D eigenvalue weighted by Gasteiger charge is -2.35. The molecule has 14 heavy (non-hydrogen) atoms.